The summed E-state index contributed by atoms with van der Waals surface area (Å²) in [5.41, 5.74) is 2.04. The number of pyridine rings is 1. The van der Waals surface area contributed by atoms with E-state index in [-0.39, 0.29) is 11.2 Å². The summed E-state index contributed by atoms with van der Waals surface area (Å²) in [6, 6.07) is 9.60. The smallest absolute Gasteiger partial charge is 0.399 e. The van der Waals surface area contributed by atoms with E-state index in [9.17, 15) is 0 Å². The fourth-order valence-corrected chi connectivity index (χ4v) is 3.10. The number of halogens is 2. The molecule has 0 saturated carbocycles. The molecular weight excluding hydrogens is 376 g/mol. The first-order valence-electron chi connectivity index (χ1n) is 7.47. The Labute approximate surface area is 150 Å². The predicted molar refractivity (Wildman–Crippen MR) is 98.1 cm³/mol. The van der Waals surface area contributed by atoms with Crippen LogP contribution in [-0.4, -0.2) is 23.3 Å². The highest BCUT2D eigenvalue weighted by Gasteiger charge is 2.51. The first-order valence-corrected chi connectivity index (χ1v) is 8.64. The van der Waals surface area contributed by atoms with E-state index < -0.39 is 7.12 Å². The van der Waals surface area contributed by atoms with Gasteiger partial charge in [0.05, 0.1) is 16.9 Å². The maximum absolute atomic E-state index is 6.07. The molecule has 1 aliphatic heterocycles. The van der Waals surface area contributed by atoms with E-state index >= 15 is 0 Å². The number of aromatic nitrogens is 1. The first kappa shape index (κ1) is 17.0. The maximum atomic E-state index is 6.07. The van der Waals surface area contributed by atoms with Gasteiger partial charge in [-0.1, -0.05) is 23.7 Å². The van der Waals surface area contributed by atoms with Gasteiger partial charge in [0.1, 0.15) is 0 Å². The highest BCUT2D eigenvalue weighted by molar-refractivity contribution is 9.10. The third kappa shape index (κ3) is 3.20. The molecule has 1 aromatic carbocycles. The number of rotatable bonds is 2. The Balaban J connectivity index is 1.90. The highest BCUT2D eigenvalue weighted by atomic mass is 79.9. The monoisotopic (exact) mass is 393 g/mol. The molecule has 3 nitrogen and oxygen atoms in total. The number of nitrogens with zero attached hydrogens (tertiary/aromatic N) is 1. The van der Waals surface area contributed by atoms with Gasteiger partial charge < -0.3 is 9.31 Å². The zero-order chi connectivity index (χ0) is 16.8. The Hall–Kier alpha value is -0.875. The average Bonchev–Trinajstić information content (AvgIpc) is 2.68. The van der Waals surface area contributed by atoms with Crippen molar-refractivity contribution in [2.75, 3.05) is 0 Å². The fraction of sp³-hybridized carbons (Fsp3) is 0.353. The van der Waals surface area contributed by atoms with E-state index in [0.29, 0.717) is 5.02 Å². The number of hydrogen-bond acceptors (Lipinski definition) is 3. The molecule has 120 valence electrons. The van der Waals surface area contributed by atoms with Crippen molar-refractivity contribution in [1.82, 2.24) is 4.98 Å². The molecule has 0 aliphatic carbocycles. The molecule has 6 heteroatoms. The molecule has 0 amide bonds. The summed E-state index contributed by atoms with van der Waals surface area (Å²) in [6.07, 6.45) is 1.80. The van der Waals surface area contributed by atoms with E-state index in [2.05, 4.69) is 20.9 Å². The van der Waals surface area contributed by atoms with Crippen LogP contribution < -0.4 is 5.46 Å². The quantitative estimate of drug-likeness (QED) is 0.705. The van der Waals surface area contributed by atoms with Gasteiger partial charge in [0.25, 0.3) is 0 Å². The lowest BCUT2D eigenvalue weighted by Crippen LogP contribution is -2.41. The number of hydrogen-bond donors (Lipinski definition) is 0. The molecule has 0 radical (unpaired) electrons. The van der Waals surface area contributed by atoms with Crippen LogP contribution in [0.4, 0.5) is 0 Å². The van der Waals surface area contributed by atoms with Crippen LogP contribution in [0.25, 0.3) is 11.3 Å². The lowest BCUT2D eigenvalue weighted by molar-refractivity contribution is 0.00578. The Bertz CT molecular complexity index is 718. The van der Waals surface area contributed by atoms with Crippen molar-refractivity contribution in [3.63, 3.8) is 0 Å². The van der Waals surface area contributed by atoms with Crippen LogP contribution in [0, 0.1) is 0 Å². The van der Waals surface area contributed by atoms with Crippen LogP contribution in [0.1, 0.15) is 27.7 Å². The fourth-order valence-electron chi connectivity index (χ4n) is 2.38. The van der Waals surface area contributed by atoms with Crippen molar-refractivity contribution in [3.8, 4) is 11.3 Å². The second kappa shape index (κ2) is 5.89. The van der Waals surface area contributed by atoms with Gasteiger partial charge in [0, 0.05) is 26.7 Å². The summed E-state index contributed by atoms with van der Waals surface area (Å²) in [7, 11) is -0.414. The van der Waals surface area contributed by atoms with Gasteiger partial charge in [-0.05, 0) is 61.8 Å². The largest absolute Gasteiger partial charge is 0.496 e. The molecule has 1 saturated heterocycles. The molecule has 2 heterocycles. The second-order valence-corrected chi connectivity index (χ2v) is 7.98. The third-order valence-corrected chi connectivity index (χ3v) is 5.36. The SMILES string of the molecule is CC1(C)OB(c2cnc(-c3ccc(Cl)cc3)c(Br)c2)OC1(C)C. The Kier molecular flexibility index (Phi) is 4.34. The molecule has 1 fully saturated rings. The van der Waals surface area contributed by atoms with Crippen LogP contribution >= 0.6 is 27.5 Å². The van der Waals surface area contributed by atoms with Gasteiger partial charge in [-0.15, -0.1) is 0 Å². The molecule has 3 rings (SSSR count). The van der Waals surface area contributed by atoms with Crippen molar-refractivity contribution in [2.24, 2.45) is 0 Å². The summed E-state index contributed by atoms with van der Waals surface area (Å²) >= 11 is 9.54. The van der Waals surface area contributed by atoms with Gasteiger partial charge in [-0.3, -0.25) is 4.98 Å². The van der Waals surface area contributed by atoms with E-state index in [1.807, 2.05) is 58.0 Å². The minimum Gasteiger partial charge on any atom is -0.399 e. The third-order valence-electron chi connectivity index (χ3n) is 4.51. The normalized spacial score (nSPS) is 19.1. The Morgan fingerprint density at radius 3 is 2.13 bits per heavy atom. The molecule has 0 spiro atoms. The maximum Gasteiger partial charge on any atom is 0.496 e. The van der Waals surface area contributed by atoms with Crippen molar-refractivity contribution in [2.45, 2.75) is 38.9 Å². The summed E-state index contributed by atoms with van der Waals surface area (Å²) < 4.78 is 13.0. The Morgan fingerprint density at radius 2 is 1.61 bits per heavy atom. The summed E-state index contributed by atoms with van der Waals surface area (Å²) in [6.45, 7) is 8.16. The first-order chi connectivity index (χ1) is 10.7. The zero-order valence-corrected chi connectivity index (χ0v) is 15.9. The van der Waals surface area contributed by atoms with Crippen LogP contribution in [0.2, 0.25) is 5.02 Å². The van der Waals surface area contributed by atoms with Gasteiger partial charge in [0.15, 0.2) is 0 Å². The van der Waals surface area contributed by atoms with Crippen molar-refractivity contribution >= 4 is 40.1 Å². The molecule has 1 aromatic heterocycles. The molecule has 0 N–H and O–H groups in total. The lowest BCUT2D eigenvalue weighted by atomic mass is 9.80. The van der Waals surface area contributed by atoms with Crippen LogP contribution in [-0.2, 0) is 9.31 Å². The topological polar surface area (TPSA) is 31.4 Å². The Morgan fingerprint density at radius 1 is 1.04 bits per heavy atom. The minimum atomic E-state index is -0.414. The molecule has 0 unspecified atom stereocenters. The lowest BCUT2D eigenvalue weighted by Gasteiger charge is -2.32. The summed E-state index contributed by atoms with van der Waals surface area (Å²) in [5, 5.41) is 0.707. The molecule has 0 atom stereocenters. The minimum absolute atomic E-state index is 0.362. The predicted octanol–water partition coefficient (Wildman–Crippen LogP) is 4.46. The van der Waals surface area contributed by atoms with E-state index in [0.717, 1.165) is 21.2 Å². The molecule has 1 aliphatic rings. The van der Waals surface area contributed by atoms with Gasteiger partial charge >= 0.3 is 7.12 Å². The van der Waals surface area contributed by atoms with Crippen LogP contribution in [0.15, 0.2) is 41.0 Å². The second-order valence-electron chi connectivity index (χ2n) is 6.69. The molecule has 23 heavy (non-hydrogen) atoms. The van der Waals surface area contributed by atoms with E-state index in [4.69, 9.17) is 20.9 Å². The summed E-state index contributed by atoms with van der Waals surface area (Å²) in [4.78, 5) is 4.57. The van der Waals surface area contributed by atoms with Crippen LogP contribution in [0.3, 0.4) is 0 Å². The zero-order valence-electron chi connectivity index (χ0n) is 13.6. The van der Waals surface area contributed by atoms with Crippen LogP contribution in [0.5, 0.6) is 0 Å². The van der Waals surface area contributed by atoms with Crippen molar-refractivity contribution < 1.29 is 9.31 Å². The van der Waals surface area contributed by atoms with Gasteiger partial charge in [-0.2, -0.15) is 0 Å². The van der Waals surface area contributed by atoms with E-state index in [1.54, 1.807) is 6.20 Å². The van der Waals surface area contributed by atoms with Crippen molar-refractivity contribution in [1.29, 1.82) is 0 Å². The average molecular weight is 395 g/mol. The molecule has 0 bridgehead atoms. The number of benzene rings is 1. The van der Waals surface area contributed by atoms with Crippen molar-refractivity contribution in [3.05, 3.63) is 46.0 Å². The molecule has 2 aromatic rings. The molecular formula is C17H18BBrClNO2. The highest BCUT2D eigenvalue weighted by Crippen LogP contribution is 2.37. The van der Waals surface area contributed by atoms with Gasteiger partial charge in [-0.25, -0.2) is 0 Å². The van der Waals surface area contributed by atoms with E-state index in [1.165, 1.54) is 0 Å². The standard InChI is InChI=1S/C17H18BBrClNO2/c1-16(2)17(3,4)23-18(22-16)12-9-14(19)15(21-10-12)11-5-7-13(20)8-6-11/h5-10H,1-4H3. The van der Waals surface area contributed by atoms with Gasteiger partial charge in [0.2, 0.25) is 0 Å². The summed E-state index contributed by atoms with van der Waals surface area (Å²) in [5.74, 6) is 0.